The Hall–Kier alpha value is -2.82. The van der Waals surface area contributed by atoms with E-state index in [0.717, 1.165) is 37.2 Å². The summed E-state index contributed by atoms with van der Waals surface area (Å²) in [7, 11) is 0. The fourth-order valence-electron chi connectivity index (χ4n) is 2.84. The van der Waals surface area contributed by atoms with Gasteiger partial charge in [-0.2, -0.15) is 0 Å². The lowest BCUT2D eigenvalue weighted by molar-refractivity contribution is -0.122. The number of carbonyl (C=O) groups excluding carboxylic acids is 2. The van der Waals surface area contributed by atoms with Crippen LogP contribution in [-0.4, -0.2) is 24.9 Å². The number of nitrogens with one attached hydrogen (secondary N) is 3. The fraction of sp³-hybridized carbons (Fsp3) is 0.364. The van der Waals surface area contributed by atoms with Gasteiger partial charge in [-0.25, -0.2) is 0 Å². The zero-order valence-electron chi connectivity index (χ0n) is 15.5. The van der Waals surface area contributed by atoms with Crippen LogP contribution in [-0.2, 0) is 16.0 Å². The highest BCUT2D eigenvalue weighted by Crippen LogP contribution is 2.28. The van der Waals surface area contributed by atoms with E-state index >= 15 is 0 Å². The van der Waals surface area contributed by atoms with Crippen LogP contribution in [0.2, 0.25) is 0 Å². The highest BCUT2D eigenvalue weighted by molar-refractivity contribution is 5.90. The minimum Gasteiger partial charge on any atom is -0.385 e. The van der Waals surface area contributed by atoms with Crippen LogP contribution in [0.4, 0.5) is 11.4 Å². The Kier molecular flexibility index (Phi) is 6.85. The molecule has 0 unspecified atom stereocenters. The Morgan fingerprint density at radius 1 is 0.889 bits per heavy atom. The molecule has 2 aromatic rings. The summed E-state index contributed by atoms with van der Waals surface area (Å²) < 4.78 is 0. The van der Waals surface area contributed by atoms with E-state index in [4.69, 9.17) is 0 Å². The van der Waals surface area contributed by atoms with Gasteiger partial charge in [0.15, 0.2) is 0 Å². The van der Waals surface area contributed by atoms with Crippen molar-refractivity contribution >= 4 is 23.2 Å². The first-order chi connectivity index (χ1) is 13.2. The van der Waals surface area contributed by atoms with Crippen LogP contribution in [0.25, 0.3) is 0 Å². The average Bonchev–Trinajstić information content (AvgIpc) is 3.53. The maximum Gasteiger partial charge on any atom is 0.224 e. The van der Waals surface area contributed by atoms with Crippen molar-refractivity contribution in [3.8, 4) is 0 Å². The smallest absolute Gasteiger partial charge is 0.224 e. The van der Waals surface area contributed by atoms with Gasteiger partial charge in [0, 0.05) is 36.8 Å². The Morgan fingerprint density at radius 3 is 2.30 bits per heavy atom. The van der Waals surface area contributed by atoms with Crippen LogP contribution < -0.4 is 16.0 Å². The minimum atomic E-state index is -0.0274. The molecule has 142 valence electrons. The molecule has 0 saturated heterocycles. The van der Waals surface area contributed by atoms with E-state index in [-0.39, 0.29) is 17.7 Å². The van der Waals surface area contributed by atoms with E-state index < -0.39 is 0 Å². The van der Waals surface area contributed by atoms with Crippen molar-refractivity contribution in [1.82, 2.24) is 5.32 Å². The van der Waals surface area contributed by atoms with Gasteiger partial charge in [-0.1, -0.05) is 30.3 Å². The quantitative estimate of drug-likeness (QED) is 0.564. The number of amides is 2. The van der Waals surface area contributed by atoms with Crippen LogP contribution >= 0.6 is 0 Å². The first-order valence-electron chi connectivity index (χ1n) is 9.66. The third-order valence-electron chi connectivity index (χ3n) is 4.58. The molecule has 5 heteroatoms. The predicted molar refractivity (Wildman–Crippen MR) is 109 cm³/mol. The van der Waals surface area contributed by atoms with Crippen LogP contribution in [0.3, 0.4) is 0 Å². The van der Waals surface area contributed by atoms with E-state index in [0.29, 0.717) is 19.4 Å². The molecule has 0 bridgehead atoms. The normalized spacial score (nSPS) is 13.0. The molecule has 2 aromatic carbocycles. The van der Waals surface area contributed by atoms with Crippen molar-refractivity contribution in [2.24, 2.45) is 5.92 Å². The van der Waals surface area contributed by atoms with Gasteiger partial charge in [0.2, 0.25) is 11.8 Å². The highest BCUT2D eigenvalue weighted by Gasteiger charge is 2.28. The van der Waals surface area contributed by atoms with Crippen molar-refractivity contribution in [2.45, 2.75) is 32.1 Å². The third kappa shape index (κ3) is 6.77. The standard InChI is InChI=1S/C22H27N3O2/c26-21(7-4-15-24-22(27)18-8-9-18)25-20-12-10-19(11-13-20)23-16-14-17-5-2-1-3-6-17/h1-3,5-6,10-13,18,23H,4,7-9,14-16H2,(H,24,27)(H,25,26). The number of hydrogen-bond donors (Lipinski definition) is 3. The van der Waals surface area contributed by atoms with Crippen molar-refractivity contribution in [1.29, 1.82) is 0 Å². The molecule has 0 atom stereocenters. The summed E-state index contributed by atoms with van der Waals surface area (Å²) in [6.07, 6.45) is 4.04. The summed E-state index contributed by atoms with van der Waals surface area (Å²) in [6, 6.07) is 18.1. The molecule has 3 N–H and O–H groups in total. The molecule has 3 rings (SSSR count). The lowest BCUT2D eigenvalue weighted by Gasteiger charge is -2.09. The summed E-state index contributed by atoms with van der Waals surface area (Å²) >= 11 is 0. The second kappa shape index (κ2) is 9.76. The van der Waals surface area contributed by atoms with E-state index in [9.17, 15) is 9.59 Å². The molecule has 27 heavy (non-hydrogen) atoms. The Bertz CT molecular complexity index is 740. The van der Waals surface area contributed by atoms with E-state index in [1.54, 1.807) is 0 Å². The molecule has 0 radical (unpaired) electrons. The number of hydrogen-bond acceptors (Lipinski definition) is 3. The van der Waals surface area contributed by atoms with Gasteiger partial charge >= 0.3 is 0 Å². The topological polar surface area (TPSA) is 70.2 Å². The zero-order chi connectivity index (χ0) is 18.9. The molecule has 0 spiro atoms. The molecule has 5 nitrogen and oxygen atoms in total. The van der Waals surface area contributed by atoms with E-state index in [2.05, 4.69) is 28.1 Å². The van der Waals surface area contributed by atoms with Crippen molar-refractivity contribution in [3.63, 3.8) is 0 Å². The third-order valence-corrected chi connectivity index (χ3v) is 4.58. The van der Waals surface area contributed by atoms with Crippen LogP contribution in [0.1, 0.15) is 31.2 Å². The second-order valence-corrected chi connectivity index (χ2v) is 6.96. The van der Waals surface area contributed by atoms with Gasteiger partial charge in [-0.3, -0.25) is 9.59 Å². The number of rotatable bonds is 10. The first-order valence-corrected chi connectivity index (χ1v) is 9.66. The van der Waals surface area contributed by atoms with E-state index in [1.807, 2.05) is 42.5 Å². The summed E-state index contributed by atoms with van der Waals surface area (Å²) in [5.74, 6) is 0.324. The summed E-state index contributed by atoms with van der Waals surface area (Å²) in [4.78, 5) is 23.5. The maximum absolute atomic E-state index is 12.0. The van der Waals surface area contributed by atoms with Crippen molar-refractivity contribution in [3.05, 3.63) is 60.2 Å². The van der Waals surface area contributed by atoms with E-state index in [1.165, 1.54) is 5.56 Å². The molecular formula is C22H27N3O2. The molecule has 0 aromatic heterocycles. The van der Waals surface area contributed by atoms with Crippen LogP contribution in [0, 0.1) is 5.92 Å². The number of benzene rings is 2. The van der Waals surface area contributed by atoms with Gasteiger partial charge in [-0.05, 0) is 55.5 Å². The molecular weight excluding hydrogens is 338 g/mol. The van der Waals surface area contributed by atoms with Crippen LogP contribution in [0.15, 0.2) is 54.6 Å². The predicted octanol–water partition coefficient (Wildman–Crippen LogP) is 3.59. The minimum absolute atomic E-state index is 0.0274. The molecule has 1 saturated carbocycles. The summed E-state index contributed by atoms with van der Waals surface area (Å²) in [5.41, 5.74) is 3.13. The summed E-state index contributed by atoms with van der Waals surface area (Å²) in [5, 5.41) is 9.16. The Labute approximate surface area is 160 Å². The molecule has 0 aliphatic heterocycles. The molecule has 2 amide bonds. The highest BCUT2D eigenvalue weighted by atomic mass is 16.2. The molecule has 1 aliphatic rings. The monoisotopic (exact) mass is 365 g/mol. The lowest BCUT2D eigenvalue weighted by atomic mass is 10.1. The first kappa shape index (κ1) is 19.0. The summed E-state index contributed by atoms with van der Waals surface area (Å²) in [6.45, 7) is 1.43. The molecule has 1 aliphatic carbocycles. The van der Waals surface area contributed by atoms with Crippen LogP contribution in [0.5, 0.6) is 0 Å². The SMILES string of the molecule is O=C(CCCNC(=O)C1CC1)Nc1ccc(NCCc2ccccc2)cc1. The second-order valence-electron chi connectivity index (χ2n) is 6.96. The van der Waals surface area contributed by atoms with Gasteiger partial charge in [-0.15, -0.1) is 0 Å². The average molecular weight is 365 g/mol. The number of carbonyl (C=O) groups is 2. The Balaban J connectivity index is 1.31. The lowest BCUT2D eigenvalue weighted by Crippen LogP contribution is -2.26. The van der Waals surface area contributed by atoms with Gasteiger partial charge in [0.1, 0.15) is 0 Å². The fourth-order valence-corrected chi connectivity index (χ4v) is 2.84. The van der Waals surface area contributed by atoms with Gasteiger partial charge in [0.25, 0.3) is 0 Å². The van der Waals surface area contributed by atoms with Crippen molar-refractivity contribution in [2.75, 3.05) is 23.7 Å². The maximum atomic E-state index is 12.0. The largest absolute Gasteiger partial charge is 0.385 e. The molecule has 0 heterocycles. The number of anilines is 2. The molecule has 1 fully saturated rings. The Morgan fingerprint density at radius 2 is 1.59 bits per heavy atom. The van der Waals surface area contributed by atoms with Gasteiger partial charge < -0.3 is 16.0 Å². The van der Waals surface area contributed by atoms with Crippen molar-refractivity contribution < 1.29 is 9.59 Å². The van der Waals surface area contributed by atoms with Gasteiger partial charge in [0.05, 0.1) is 0 Å². The zero-order valence-corrected chi connectivity index (χ0v) is 15.5.